The molecule has 1 aliphatic heterocycles. The van der Waals surface area contributed by atoms with Crippen molar-refractivity contribution < 1.29 is 19.0 Å². The molecule has 1 fully saturated rings. The average molecular weight is 401 g/mol. The minimum Gasteiger partial charge on any atom is -0.444 e. The topological polar surface area (TPSA) is 84.4 Å². The van der Waals surface area contributed by atoms with E-state index in [1.54, 1.807) is 4.90 Å². The molecule has 28 heavy (non-hydrogen) atoms. The Kier molecular flexibility index (Phi) is 11.9. The van der Waals surface area contributed by atoms with Crippen LogP contribution in [0.2, 0.25) is 0 Å². The minimum absolute atomic E-state index is 0.272. The number of hydrogen-bond acceptors (Lipinski definition) is 5. The maximum atomic E-state index is 12.2. The van der Waals surface area contributed by atoms with Crippen molar-refractivity contribution in [2.24, 2.45) is 4.99 Å². The van der Waals surface area contributed by atoms with Gasteiger partial charge in [0.2, 0.25) is 0 Å². The molecule has 0 aromatic carbocycles. The molecule has 0 bridgehead atoms. The number of amides is 1. The van der Waals surface area contributed by atoms with Crippen molar-refractivity contribution in [3.63, 3.8) is 0 Å². The van der Waals surface area contributed by atoms with Gasteiger partial charge in [-0.25, -0.2) is 4.79 Å². The number of nitrogens with zero attached hydrogens (tertiary/aromatic N) is 2. The Hall–Kier alpha value is -1.54. The molecule has 0 saturated carbocycles. The van der Waals surface area contributed by atoms with E-state index in [9.17, 15) is 4.79 Å². The fourth-order valence-electron chi connectivity index (χ4n) is 2.70. The van der Waals surface area contributed by atoms with E-state index in [2.05, 4.69) is 15.6 Å². The SMILES string of the molecule is CCNC(=NCCCOCC1CCCO1)NCCN(CC)C(=O)OC(C)(C)C. The summed E-state index contributed by atoms with van der Waals surface area (Å²) in [5.41, 5.74) is -0.486. The first-order chi connectivity index (χ1) is 13.4. The number of ether oxygens (including phenoxy) is 3. The van der Waals surface area contributed by atoms with Gasteiger partial charge in [0.05, 0.1) is 12.7 Å². The number of carbonyl (C=O) groups is 1. The van der Waals surface area contributed by atoms with Crippen LogP contribution in [0.15, 0.2) is 4.99 Å². The third kappa shape index (κ3) is 11.3. The highest BCUT2D eigenvalue weighted by Crippen LogP contribution is 2.12. The molecule has 1 atom stereocenters. The summed E-state index contributed by atoms with van der Waals surface area (Å²) in [7, 11) is 0. The van der Waals surface area contributed by atoms with Crippen molar-refractivity contribution in [2.75, 3.05) is 52.5 Å². The highest BCUT2D eigenvalue weighted by Gasteiger charge is 2.20. The minimum atomic E-state index is -0.486. The normalized spacial score (nSPS) is 17.5. The molecule has 0 aliphatic carbocycles. The lowest BCUT2D eigenvalue weighted by Crippen LogP contribution is -2.44. The zero-order chi connectivity index (χ0) is 20.8. The van der Waals surface area contributed by atoms with Crippen molar-refractivity contribution in [3.8, 4) is 0 Å². The first-order valence-electron chi connectivity index (χ1n) is 10.5. The van der Waals surface area contributed by atoms with Gasteiger partial charge < -0.3 is 29.7 Å². The molecule has 8 nitrogen and oxygen atoms in total. The summed E-state index contributed by atoms with van der Waals surface area (Å²) in [5.74, 6) is 0.752. The van der Waals surface area contributed by atoms with Crippen LogP contribution in [0.5, 0.6) is 0 Å². The molecule has 0 aromatic rings. The molecule has 1 heterocycles. The van der Waals surface area contributed by atoms with Gasteiger partial charge in [-0.15, -0.1) is 0 Å². The lowest BCUT2D eigenvalue weighted by Gasteiger charge is -2.26. The Balaban J connectivity index is 2.25. The number of guanidine groups is 1. The van der Waals surface area contributed by atoms with E-state index < -0.39 is 5.60 Å². The molecule has 0 spiro atoms. The second kappa shape index (κ2) is 13.6. The van der Waals surface area contributed by atoms with Crippen LogP contribution in [0.1, 0.15) is 53.9 Å². The maximum absolute atomic E-state index is 12.2. The van der Waals surface area contributed by atoms with E-state index >= 15 is 0 Å². The van der Waals surface area contributed by atoms with Gasteiger partial charge in [-0.2, -0.15) is 0 Å². The molecule has 1 rings (SSSR count). The van der Waals surface area contributed by atoms with Crippen LogP contribution in [0.3, 0.4) is 0 Å². The standard InChI is InChI=1S/C20H40N4O4/c1-6-21-18(22-11-9-14-26-16-17-10-8-15-27-17)23-12-13-24(7-2)19(25)28-20(3,4)5/h17H,6-16H2,1-5H3,(H2,21,22,23). The van der Waals surface area contributed by atoms with Crippen LogP contribution in [-0.2, 0) is 14.2 Å². The predicted molar refractivity (Wildman–Crippen MR) is 112 cm³/mol. The van der Waals surface area contributed by atoms with Crippen LogP contribution in [0.25, 0.3) is 0 Å². The number of aliphatic imine (C=N–C) groups is 1. The Morgan fingerprint density at radius 2 is 2.07 bits per heavy atom. The molecule has 8 heteroatoms. The molecular weight excluding hydrogens is 360 g/mol. The molecular formula is C20H40N4O4. The Bertz CT molecular complexity index is 460. The van der Waals surface area contributed by atoms with Gasteiger partial charge >= 0.3 is 6.09 Å². The third-order valence-corrected chi connectivity index (χ3v) is 4.10. The van der Waals surface area contributed by atoms with Crippen LogP contribution < -0.4 is 10.6 Å². The number of rotatable bonds is 11. The van der Waals surface area contributed by atoms with E-state index in [0.29, 0.717) is 39.4 Å². The molecule has 0 radical (unpaired) electrons. The van der Waals surface area contributed by atoms with E-state index in [1.165, 1.54) is 0 Å². The molecule has 164 valence electrons. The Morgan fingerprint density at radius 1 is 1.29 bits per heavy atom. The maximum Gasteiger partial charge on any atom is 0.410 e. The zero-order valence-corrected chi connectivity index (χ0v) is 18.4. The first kappa shape index (κ1) is 24.5. The second-order valence-electron chi connectivity index (χ2n) is 7.81. The van der Waals surface area contributed by atoms with Crippen LogP contribution in [0.4, 0.5) is 4.79 Å². The molecule has 1 unspecified atom stereocenters. The molecule has 0 aromatic heterocycles. The molecule has 1 aliphatic rings. The summed E-state index contributed by atoms with van der Waals surface area (Å²) >= 11 is 0. The van der Waals surface area contributed by atoms with Gasteiger partial charge in [0.1, 0.15) is 5.60 Å². The summed E-state index contributed by atoms with van der Waals surface area (Å²) in [6, 6.07) is 0. The largest absolute Gasteiger partial charge is 0.444 e. The van der Waals surface area contributed by atoms with Crippen molar-refractivity contribution in [2.45, 2.75) is 65.6 Å². The van der Waals surface area contributed by atoms with Crippen LogP contribution in [0, 0.1) is 0 Å². The van der Waals surface area contributed by atoms with Gasteiger partial charge in [-0.3, -0.25) is 4.99 Å². The fraction of sp³-hybridized carbons (Fsp3) is 0.900. The highest BCUT2D eigenvalue weighted by atomic mass is 16.6. The van der Waals surface area contributed by atoms with Gasteiger partial charge in [-0.1, -0.05) is 0 Å². The Morgan fingerprint density at radius 3 is 2.68 bits per heavy atom. The summed E-state index contributed by atoms with van der Waals surface area (Å²) in [6.45, 7) is 15.0. The van der Waals surface area contributed by atoms with Gasteiger partial charge in [0, 0.05) is 45.9 Å². The zero-order valence-electron chi connectivity index (χ0n) is 18.4. The smallest absolute Gasteiger partial charge is 0.410 e. The van der Waals surface area contributed by atoms with Gasteiger partial charge in [0.25, 0.3) is 0 Å². The number of nitrogens with one attached hydrogen (secondary N) is 2. The second-order valence-corrected chi connectivity index (χ2v) is 7.81. The summed E-state index contributed by atoms with van der Waals surface area (Å²) in [4.78, 5) is 18.4. The van der Waals surface area contributed by atoms with Gasteiger partial charge in [0.15, 0.2) is 5.96 Å². The summed E-state index contributed by atoms with van der Waals surface area (Å²) < 4.78 is 16.6. The van der Waals surface area contributed by atoms with Crippen molar-refractivity contribution in [1.29, 1.82) is 0 Å². The molecule has 2 N–H and O–H groups in total. The summed E-state index contributed by atoms with van der Waals surface area (Å²) in [6.07, 6.45) is 3.09. The fourth-order valence-corrected chi connectivity index (χ4v) is 2.70. The van der Waals surface area contributed by atoms with Crippen LogP contribution >= 0.6 is 0 Å². The first-order valence-corrected chi connectivity index (χ1v) is 10.5. The quantitative estimate of drug-likeness (QED) is 0.315. The van der Waals surface area contributed by atoms with Crippen LogP contribution in [-0.4, -0.2) is 81.2 Å². The van der Waals surface area contributed by atoms with E-state index in [1.807, 2.05) is 34.6 Å². The lowest BCUT2D eigenvalue weighted by molar-refractivity contribution is 0.0171. The monoisotopic (exact) mass is 400 g/mol. The van der Waals surface area contributed by atoms with Crippen molar-refractivity contribution in [1.82, 2.24) is 15.5 Å². The number of hydrogen-bond donors (Lipinski definition) is 2. The number of carbonyl (C=O) groups excluding carboxylic acids is 1. The average Bonchev–Trinajstić information content (AvgIpc) is 3.13. The lowest BCUT2D eigenvalue weighted by atomic mass is 10.2. The summed E-state index contributed by atoms with van der Waals surface area (Å²) in [5, 5.41) is 6.49. The van der Waals surface area contributed by atoms with E-state index in [0.717, 1.165) is 38.4 Å². The number of likely N-dealkylation sites (N-methyl/N-ethyl adjacent to an activating group) is 1. The van der Waals surface area contributed by atoms with E-state index in [-0.39, 0.29) is 12.2 Å². The van der Waals surface area contributed by atoms with Crippen molar-refractivity contribution >= 4 is 12.1 Å². The molecule has 1 saturated heterocycles. The Labute approximate surface area is 170 Å². The van der Waals surface area contributed by atoms with Crippen molar-refractivity contribution in [3.05, 3.63) is 0 Å². The third-order valence-electron chi connectivity index (χ3n) is 4.10. The predicted octanol–water partition coefficient (Wildman–Crippen LogP) is 2.38. The van der Waals surface area contributed by atoms with Gasteiger partial charge in [-0.05, 0) is 53.9 Å². The van der Waals surface area contributed by atoms with E-state index in [4.69, 9.17) is 14.2 Å². The highest BCUT2D eigenvalue weighted by molar-refractivity contribution is 5.79. The molecule has 1 amide bonds.